The number of hydrogen-bond acceptors (Lipinski definition) is 4. The minimum atomic E-state index is -0.346. The molecule has 2 aliphatic rings. The van der Waals surface area contributed by atoms with Crippen molar-refractivity contribution in [3.8, 4) is 0 Å². The van der Waals surface area contributed by atoms with Crippen LogP contribution in [0.4, 0.5) is 5.69 Å². The van der Waals surface area contributed by atoms with Gasteiger partial charge < -0.3 is 9.64 Å². The Kier molecular flexibility index (Phi) is 3.40. The van der Waals surface area contributed by atoms with Crippen LogP contribution in [0.25, 0.3) is 0 Å². The molecule has 0 spiro atoms. The van der Waals surface area contributed by atoms with E-state index in [-0.39, 0.29) is 23.7 Å². The number of ether oxygens (including phenoxy) is 1. The van der Waals surface area contributed by atoms with Gasteiger partial charge in [-0.05, 0) is 48.1 Å². The number of carbonyl (C=O) groups excluding carboxylic acids is 2. The summed E-state index contributed by atoms with van der Waals surface area (Å²) < 4.78 is 6.53. The first-order valence-electron chi connectivity index (χ1n) is 8.09. The monoisotopic (exact) mass is 325 g/mol. The summed E-state index contributed by atoms with van der Waals surface area (Å²) in [5.74, 6) is 0.153. The van der Waals surface area contributed by atoms with Gasteiger partial charge in [-0.3, -0.25) is 9.48 Å². The molecule has 2 heterocycles. The lowest BCUT2D eigenvalue weighted by Crippen LogP contribution is -2.30. The number of carbonyl (C=O) groups is 2. The number of rotatable bonds is 3. The Balaban J connectivity index is 1.51. The van der Waals surface area contributed by atoms with Crippen molar-refractivity contribution in [2.24, 2.45) is 13.0 Å². The van der Waals surface area contributed by atoms with Gasteiger partial charge >= 0.3 is 5.97 Å². The van der Waals surface area contributed by atoms with Gasteiger partial charge in [-0.25, -0.2) is 4.79 Å². The molecule has 0 bridgehead atoms. The van der Waals surface area contributed by atoms with Gasteiger partial charge in [-0.15, -0.1) is 0 Å². The van der Waals surface area contributed by atoms with Crippen molar-refractivity contribution in [2.45, 2.75) is 18.8 Å². The van der Waals surface area contributed by atoms with Gasteiger partial charge in [0.25, 0.3) is 0 Å². The van der Waals surface area contributed by atoms with E-state index in [4.69, 9.17) is 4.74 Å². The third-order valence-electron chi connectivity index (χ3n) is 4.92. The second-order valence-corrected chi connectivity index (χ2v) is 6.47. The second-order valence-electron chi connectivity index (χ2n) is 6.47. The number of benzene rings is 1. The standard InChI is InChI=1S/C18H19N3O3/c1-20-10-13(9-19-20)14-8-15(14)17(22)21-6-5-11-7-12(18(23)24-2)3-4-16(11)21/h3-4,7,9-10,14-15H,5-6,8H2,1-2H3. The zero-order valence-corrected chi connectivity index (χ0v) is 13.7. The number of aryl methyl sites for hydroxylation is 1. The molecule has 0 radical (unpaired) electrons. The Morgan fingerprint density at radius 3 is 2.88 bits per heavy atom. The summed E-state index contributed by atoms with van der Waals surface area (Å²) in [7, 11) is 3.26. The molecular weight excluding hydrogens is 306 g/mol. The molecule has 0 N–H and O–H groups in total. The Morgan fingerprint density at radius 2 is 2.17 bits per heavy atom. The number of fused-ring (bicyclic) bond motifs is 1. The first kappa shape index (κ1) is 14.9. The molecule has 1 saturated carbocycles. The fourth-order valence-electron chi connectivity index (χ4n) is 3.54. The molecule has 4 rings (SSSR count). The van der Waals surface area contributed by atoms with Crippen molar-refractivity contribution in [1.82, 2.24) is 9.78 Å². The van der Waals surface area contributed by atoms with E-state index >= 15 is 0 Å². The maximum absolute atomic E-state index is 12.8. The van der Waals surface area contributed by atoms with E-state index < -0.39 is 0 Å². The van der Waals surface area contributed by atoms with E-state index in [2.05, 4.69) is 5.10 Å². The molecule has 0 saturated heterocycles. The first-order valence-corrected chi connectivity index (χ1v) is 8.09. The molecule has 1 aliphatic heterocycles. The Morgan fingerprint density at radius 1 is 1.33 bits per heavy atom. The summed E-state index contributed by atoms with van der Waals surface area (Å²) in [6.45, 7) is 0.676. The van der Waals surface area contributed by atoms with Crippen LogP contribution in [0.1, 0.15) is 33.8 Å². The van der Waals surface area contributed by atoms with Crippen molar-refractivity contribution in [3.63, 3.8) is 0 Å². The number of anilines is 1. The van der Waals surface area contributed by atoms with Gasteiger partial charge in [0.2, 0.25) is 5.91 Å². The lowest BCUT2D eigenvalue weighted by atomic mass is 10.1. The average Bonchev–Trinajstić information content (AvgIpc) is 3.09. The van der Waals surface area contributed by atoms with Crippen LogP contribution < -0.4 is 4.90 Å². The minimum absolute atomic E-state index is 0.0421. The topological polar surface area (TPSA) is 64.4 Å². The van der Waals surface area contributed by atoms with Crippen LogP contribution in [0.15, 0.2) is 30.6 Å². The minimum Gasteiger partial charge on any atom is -0.465 e. The summed E-state index contributed by atoms with van der Waals surface area (Å²) in [4.78, 5) is 26.3. The molecule has 6 heteroatoms. The van der Waals surface area contributed by atoms with E-state index in [0.717, 1.165) is 29.7 Å². The van der Waals surface area contributed by atoms with E-state index in [1.165, 1.54) is 7.11 Å². The fourth-order valence-corrected chi connectivity index (χ4v) is 3.54. The van der Waals surface area contributed by atoms with Crippen LogP contribution >= 0.6 is 0 Å². The Labute approximate surface area is 140 Å². The van der Waals surface area contributed by atoms with Crippen LogP contribution in [0.3, 0.4) is 0 Å². The highest BCUT2D eigenvalue weighted by atomic mass is 16.5. The maximum atomic E-state index is 12.8. The van der Waals surface area contributed by atoms with Crippen LogP contribution in [-0.4, -0.2) is 35.3 Å². The molecule has 1 amide bonds. The van der Waals surface area contributed by atoms with Crippen molar-refractivity contribution in [2.75, 3.05) is 18.6 Å². The van der Waals surface area contributed by atoms with Gasteiger partial charge in [0.1, 0.15) is 0 Å². The van der Waals surface area contributed by atoms with Crippen LogP contribution in [0.2, 0.25) is 0 Å². The summed E-state index contributed by atoms with van der Waals surface area (Å²) in [5.41, 5.74) is 3.62. The summed E-state index contributed by atoms with van der Waals surface area (Å²) >= 11 is 0. The molecule has 1 aromatic carbocycles. The average molecular weight is 325 g/mol. The summed E-state index contributed by atoms with van der Waals surface area (Å²) in [5, 5.41) is 4.19. The lowest BCUT2D eigenvalue weighted by molar-refractivity contribution is -0.119. The zero-order chi connectivity index (χ0) is 16.8. The predicted octanol–water partition coefficient (Wildman–Crippen LogP) is 1.90. The van der Waals surface area contributed by atoms with Crippen molar-refractivity contribution >= 4 is 17.6 Å². The molecule has 2 atom stereocenters. The zero-order valence-electron chi connectivity index (χ0n) is 13.7. The third-order valence-corrected chi connectivity index (χ3v) is 4.92. The fraction of sp³-hybridized carbons (Fsp3) is 0.389. The van der Waals surface area contributed by atoms with Crippen molar-refractivity contribution in [1.29, 1.82) is 0 Å². The van der Waals surface area contributed by atoms with E-state index in [9.17, 15) is 9.59 Å². The number of amides is 1. The van der Waals surface area contributed by atoms with Gasteiger partial charge in [0, 0.05) is 31.4 Å². The van der Waals surface area contributed by atoms with Crippen LogP contribution in [0.5, 0.6) is 0 Å². The first-order chi connectivity index (χ1) is 11.6. The third kappa shape index (κ3) is 2.38. The lowest BCUT2D eigenvalue weighted by Gasteiger charge is -2.17. The number of esters is 1. The van der Waals surface area contributed by atoms with Gasteiger partial charge in [-0.1, -0.05) is 0 Å². The number of aromatic nitrogens is 2. The summed E-state index contributed by atoms with van der Waals surface area (Å²) in [6, 6.07) is 5.41. The molecule has 6 nitrogen and oxygen atoms in total. The Hall–Kier alpha value is -2.63. The van der Waals surface area contributed by atoms with Crippen LogP contribution in [0, 0.1) is 5.92 Å². The number of hydrogen-bond donors (Lipinski definition) is 0. The molecular formula is C18H19N3O3. The SMILES string of the molecule is COC(=O)c1ccc2c(c1)CCN2C(=O)C1CC1c1cnn(C)c1. The molecule has 2 unspecified atom stereocenters. The van der Waals surface area contributed by atoms with Crippen LogP contribution in [-0.2, 0) is 23.0 Å². The Bertz CT molecular complexity index is 827. The van der Waals surface area contributed by atoms with E-state index in [1.54, 1.807) is 10.7 Å². The van der Waals surface area contributed by atoms with Crippen molar-refractivity contribution in [3.05, 3.63) is 47.3 Å². The highest BCUT2D eigenvalue weighted by molar-refractivity contribution is 6.00. The second kappa shape index (κ2) is 5.47. The smallest absolute Gasteiger partial charge is 0.337 e. The van der Waals surface area contributed by atoms with Gasteiger partial charge in [0.05, 0.1) is 18.9 Å². The quantitative estimate of drug-likeness (QED) is 0.809. The highest BCUT2D eigenvalue weighted by Crippen LogP contribution is 2.49. The van der Waals surface area contributed by atoms with E-state index in [1.807, 2.05) is 36.5 Å². The van der Waals surface area contributed by atoms with Crippen molar-refractivity contribution < 1.29 is 14.3 Å². The maximum Gasteiger partial charge on any atom is 0.337 e. The molecule has 1 aromatic heterocycles. The molecule has 24 heavy (non-hydrogen) atoms. The number of nitrogens with zero attached hydrogens (tertiary/aromatic N) is 3. The molecule has 2 aromatic rings. The van der Waals surface area contributed by atoms with E-state index in [0.29, 0.717) is 12.1 Å². The summed E-state index contributed by atoms with van der Waals surface area (Å²) in [6.07, 6.45) is 5.49. The number of methoxy groups -OCH3 is 1. The highest BCUT2D eigenvalue weighted by Gasteiger charge is 2.47. The molecule has 1 aliphatic carbocycles. The molecule has 1 fully saturated rings. The van der Waals surface area contributed by atoms with Gasteiger partial charge in [0.15, 0.2) is 0 Å². The molecule has 124 valence electrons. The predicted molar refractivity (Wildman–Crippen MR) is 87.9 cm³/mol. The largest absolute Gasteiger partial charge is 0.465 e. The normalized spacial score (nSPS) is 21.5. The van der Waals surface area contributed by atoms with Gasteiger partial charge in [-0.2, -0.15) is 5.10 Å².